The molecule has 9 rings (SSSR count). The summed E-state index contributed by atoms with van der Waals surface area (Å²) in [5.74, 6) is -16.2. The van der Waals surface area contributed by atoms with Gasteiger partial charge in [0.25, 0.3) is 0 Å². The van der Waals surface area contributed by atoms with E-state index in [1.165, 1.54) is 0 Å². The lowest BCUT2D eigenvalue weighted by atomic mass is 9.97. The zero-order valence-corrected chi connectivity index (χ0v) is 31.1. The number of hydrogen-bond donors (Lipinski definition) is 10. The van der Waals surface area contributed by atoms with E-state index in [1.54, 1.807) is 0 Å². The Kier molecular flexibility index (Phi) is 8.49. The monoisotopic (exact) mass is 866 g/mol. The lowest BCUT2D eigenvalue weighted by Crippen LogP contribution is -2.06. The molecule has 0 amide bonds. The molecule has 0 fully saturated rings. The molecule has 0 unspecified atom stereocenters. The number of carboxylic acid groups (broad SMARTS) is 8. The van der Waals surface area contributed by atoms with Crippen LogP contribution in [0.5, 0.6) is 0 Å². The maximum Gasteiger partial charge on any atom is 0.336 e. The highest BCUT2D eigenvalue weighted by Crippen LogP contribution is 2.44. The number of aromatic nitrogens is 8. The van der Waals surface area contributed by atoms with Crippen molar-refractivity contribution in [3.05, 3.63) is 93.0 Å². The highest BCUT2D eigenvalue weighted by Gasteiger charge is 2.34. The first-order valence-corrected chi connectivity index (χ1v) is 17.7. The van der Waals surface area contributed by atoms with Crippen LogP contribution in [-0.4, -0.2) is 128 Å². The molecule has 3 aliphatic heterocycles. The minimum atomic E-state index is -1.69. The van der Waals surface area contributed by atoms with Gasteiger partial charge in [-0.15, -0.1) is 0 Å². The number of hydrogen-bond acceptors (Lipinski definition) is 14. The first-order chi connectivity index (χ1) is 30.3. The van der Waals surface area contributed by atoms with E-state index in [9.17, 15) is 79.2 Å². The van der Waals surface area contributed by atoms with Crippen molar-refractivity contribution in [1.29, 1.82) is 0 Å². The minimum absolute atomic E-state index is 0.246. The van der Waals surface area contributed by atoms with E-state index in [0.717, 1.165) is 48.5 Å². The Bertz CT molecular complexity index is 3550. The number of carboxylic acids is 8. The molecular weight excluding hydrogens is 848 g/mol. The minimum Gasteiger partial charge on any atom is -0.478 e. The summed E-state index contributed by atoms with van der Waals surface area (Å²) in [4.78, 5) is 132. The molecule has 8 bridgehead atoms. The largest absolute Gasteiger partial charge is 0.478 e. The molecule has 4 aromatic carbocycles. The van der Waals surface area contributed by atoms with Gasteiger partial charge in [-0.05, 0) is 48.5 Å². The third-order valence-electron chi connectivity index (χ3n) is 10.1. The molecule has 2 aromatic heterocycles. The fraction of sp³-hybridized carbons (Fsp3) is 0. The Labute approximate surface area is 349 Å². The van der Waals surface area contributed by atoms with Crippen molar-refractivity contribution in [2.45, 2.75) is 0 Å². The SMILES string of the molecule is O=C(O)c1cc(C(=O)O)c2c(c1)-c1nc-2nc2nc(nc3[nH]c([nH]c4nc(n1)-c1c(C(=O)O)cc(C(=O)O)cc1-4)c1c(C(=O)O)cc(C(=O)O)cc31)-c1c(C(=O)O)cc(C(=O)O)cc1-2. The van der Waals surface area contributed by atoms with Gasteiger partial charge in [0.2, 0.25) is 0 Å². The fourth-order valence-electron chi connectivity index (χ4n) is 7.47. The lowest BCUT2D eigenvalue weighted by Gasteiger charge is -2.08. The van der Waals surface area contributed by atoms with Crippen LogP contribution in [0.4, 0.5) is 0 Å². The average Bonchev–Trinajstić information content (AvgIpc) is 3.97. The van der Waals surface area contributed by atoms with E-state index in [0.29, 0.717) is 0 Å². The predicted molar refractivity (Wildman–Crippen MR) is 210 cm³/mol. The highest BCUT2D eigenvalue weighted by molar-refractivity contribution is 6.17. The van der Waals surface area contributed by atoms with Crippen molar-refractivity contribution in [2.75, 3.05) is 0 Å². The summed E-state index contributed by atoms with van der Waals surface area (Å²) in [6, 6.07) is 7.13. The van der Waals surface area contributed by atoms with Crippen molar-refractivity contribution in [3.8, 4) is 68.3 Å². The molecule has 24 nitrogen and oxygen atoms in total. The van der Waals surface area contributed by atoms with Crippen LogP contribution < -0.4 is 0 Å². The van der Waals surface area contributed by atoms with Crippen molar-refractivity contribution in [2.24, 2.45) is 0 Å². The summed E-state index contributed by atoms with van der Waals surface area (Å²) in [6.45, 7) is 0. The number of aromatic carboxylic acids is 8. The maximum absolute atomic E-state index is 12.8. The molecule has 0 radical (unpaired) electrons. The summed E-state index contributed by atoms with van der Waals surface area (Å²) in [6.07, 6.45) is 0. The van der Waals surface area contributed by atoms with E-state index >= 15 is 0 Å². The van der Waals surface area contributed by atoms with Crippen LogP contribution >= 0.6 is 0 Å². The number of benzene rings is 4. The van der Waals surface area contributed by atoms with Gasteiger partial charge in [0.1, 0.15) is 17.1 Å². The van der Waals surface area contributed by atoms with Gasteiger partial charge in [-0.2, -0.15) is 0 Å². The molecule has 0 saturated heterocycles. The second-order valence-electron chi connectivity index (χ2n) is 13.8. The smallest absolute Gasteiger partial charge is 0.336 e. The van der Waals surface area contributed by atoms with Gasteiger partial charge >= 0.3 is 47.8 Å². The second-order valence-corrected chi connectivity index (χ2v) is 13.8. The zero-order chi connectivity index (χ0) is 45.8. The van der Waals surface area contributed by atoms with E-state index in [2.05, 4.69) is 39.9 Å². The number of aromatic amines is 2. The van der Waals surface area contributed by atoms with Gasteiger partial charge in [-0.25, -0.2) is 68.3 Å². The topological polar surface area (TPSA) is 407 Å². The number of carbonyl (C=O) groups is 8. The van der Waals surface area contributed by atoms with Gasteiger partial charge < -0.3 is 50.8 Å². The van der Waals surface area contributed by atoms with Crippen LogP contribution in [0.3, 0.4) is 0 Å². The summed E-state index contributed by atoms with van der Waals surface area (Å²) >= 11 is 0. The van der Waals surface area contributed by atoms with Crippen molar-refractivity contribution >= 4 is 69.8 Å². The van der Waals surface area contributed by atoms with E-state index in [4.69, 9.17) is 0 Å². The molecule has 0 atom stereocenters. The van der Waals surface area contributed by atoms with Crippen LogP contribution in [0.25, 0.3) is 90.4 Å². The van der Waals surface area contributed by atoms with Gasteiger partial charge in [-0.1, -0.05) is 0 Å². The van der Waals surface area contributed by atoms with Crippen LogP contribution in [0.2, 0.25) is 0 Å². The maximum atomic E-state index is 12.8. The van der Waals surface area contributed by atoms with Crippen molar-refractivity contribution in [3.63, 3.8) is 0 Å². The first kappa shape index (κ1) is 39.5. The zero-order valence-electron chi connectivity index (χ0n) is 31.1. The van der Waals surface area contributed by atoms with E-state index in [1.807, 2.05) is 0 Å². The van der Waals surface area contributed by atoms with Crippen LogP contribution in [0.15, 0.2) is 48.5 Å². The number of rotatable bonds is 8. The molecule has 0 aliphatic carbocycles. The predicted octanol–water partition coefficient (Wildman–Crippen LogP) is 4.36. The standard InChI is InChI=1S/C40H18N8O16/c49-33(50)9-1-13-21(17(5-9)37(57)58)29-41-25(13)45-30-22-14(2-10(34(51)52)6-18(22)38(59)60)27(42-30)47-32-24-16(4-12(36(55)56)8-20(24)40(63)64)28(44-32)48-31-23-15(26(43-31)46-29)3-11(35(53)54)7-19(23)39(61)62/h1-8H,(H,49,50)(H,51,52)(H,53,54)(H,55,56)(H,57,58)(H,59,60)(H,61,62)(H,63,64)(H2,41,42,43,44,45,46,47,48). The summed E-state index contributed by atoms with van der Waals surface area (Å²) in [5.41, 5.74) is -7.74. The Balaban J connectivity index is 1.57. The molecule has 314 valence electrons. The molecule has 10 N–H and O–H groups in total. The van der Waals surface area contributed by atoms with Gasteiger partial charge in [0.15, 0.2) is 29.1 Å². The fourth-order valence-corrected chi connectivity index (χ4v) is 7.47. The molecule has 3 aliphatic rings. The third-order valence-corrected chi connectivity index (χ3v) is 10.1. The third kappa shape index (κ3) is 6.01. The van der Waals surface area contributed by atoms with Gasteiger partial charge in [0, 0.05) is 44.2 Å². The Morgan fingerprint density at radius 1 is 0.359 bits per heavy atom. The van der Waals surface area contributed by atoms with Crippen LogP contribution in [0, 0.1) is 0 Å². The van der Waals surface area contributed by atoms with E-state index < -0.39 is 133 Å². The highest BCUT2D eigenvalue weighted by atomic mass is 16.4. The van der Waals surface area contributed by atoms with Gasteiger partial charge in [-0.3, -0.25) is 0 Å². The summed E-state index contributed by atoms with van der Waals surface area (Å²) < 4.78 is 0. The number of nitrogens with one attached hydrogen (secondary N) is 2. The lowest BCUT2D eigenvalue weighted by molar-refractivity contribution is 0.0677. The normalized spacial score (nSPS) is 11.5. The average molecular weight is 867 g/mol. The van der Waals surface area contributed by atoms with Crippen LogP contribution in [-0.2, 0) is 0 Å². The van der Waals surface area contributed by atoms with Crippen molar-refractivity contribution in [1.82, 2.24) is 39.9 Å². The molecule has 6 aromatic rings. The first-order valence-electron chi connectivity index (χ1n) is 17.7. The number of H-pyrrole nitrogens is 2. The van der Waals surface area contributed by atoms with Gasteiger partial charge in [0.05, 0.1) is 44.5 Å². The van der Waals surface area contributed by atoms with Crippen molar-refractivity contribution < 1.29 is 79.2 Å². The summed E-state index contributed by atoms with van der Waals surface area (Å²) in [7, 11) is 0. The van der Waals surface area contributed by atoms with Crippen LogP contribution in [0.1, 0.15) is 82.9 Å². The number of nitrogens with zero attached hydrogens (tertiary/aromatic N) is 6. The molecule has 64 heavy (non-hydrogen) atoms. The number of fused-ring (bicyclic) bond motifs is 20. The molecular formula is C40H18N8O16. The second kappa shape index (κ2) is 13.8. The quantitative estimate of drug-likeness (QED) is 0.101. The summed E-state index contributed by atoms with van der Waals surface area (Å²) in [5, 5.41) is 80.8. The molecule has 0 saturated carbocycles. The molecule has 0 spiro atoms. The molecule has 5 heterocycles. The molecule has 24 heteroatoms. The van der Waals surface area contributed by atoms with E-state index in [-0.39, 0.29) is 49.8 Å². The Hall–Kier alpha value is -10.0. The Morgan fingerprint density at radius 3 is 1.14 bits per heavy atom. The Morgan fingerprint density at radius 2 is 0.719 bits per heavy atom.